The highest BCUT2D eigenvalue weighted by atomic mass is 32.2. The molecule has 0 radical (unpaired) electrons. The lowest BCUT2D eigenvalue weighted by molar-refractivity contribution is -0.141. The number of carbonyl (C=O) groups is 1. The van der Waals surface area contributed by atoms with Gasteiger partial charge in [-0.2, -0.15) is 17.4 Å². The summed E-state index contributed by atoms with van der Waals surface area (Å²) in [5, 5.41) is 11.8. The number of piperazine rings is 1. The van der Waals surface area contributed by atoms with Crippen LogP contribution in [0.4, 0.5) is 0 Å². The molecule has 7 nitrogen and oxygen atoms in total. The van der Waals surface area contributed by atoms with Gasteiger partial charge in [-0.25, -0.2) is 0 Å². The standard InChI is InChI=1S/C8H17N3O4S/c1-6(2)10-16(14,15)11-4-3-9-5-7(11)8(12)13/h6-7,9-10H,3-5H2,1-2H3,(H,12,13). The molecule has 1 rings (SSSR count). The van der Waals surface area contributed by atoms with E-state index in [0.717, 1.165) is 4.31 Å². The van der Waals surface area contributed by atoms with Gasteiger partial charge >= 0.3 is 5.97 Å². The molecule has 1 unspecified atom stereocenters. The van der Waals surface area contributed by atoms with Crippen molar-refractivity contribution in [1.82, 2.24) is 14.3 Å². The van der Waals surface area contributed by atoms with Crippen LogP contribution < -0.4 is 10.0 Å². The van der Waals surface area contributed by atoms with Crippen molar-refractivity contribution in [2.75, 3.05) is 19.6 Å². The molecule has 1 saturated heterocycles. The molecule has 1 aliphatic heterocycles. The lowest BCUT2D eigenvalue weighted by Crippen LogP contribution is -2.59. The Hall–Kier alpha value is -0.700. The van der Waals surface area contributed by atoms with Gasteiger partial charge in [-0.1, -0.05) is 0 Å². The monoisotopic (exact) mass is 251 g/mol. The summed E-state index contributed by atoms with van der Waals surface area (Å²) in [6.07, 6.45) is 0. The maximum atomic E-state index is 11.8. The van der Waals surface area contributed by atoms with E-state index in [1.165, 1.54) is 0 Å². The Morgan fingerprint density at radius 3 is 2.69 bits per heavy atom. The van der Waals surface area contributed by atoms with E-state index in [1.807, 2.05) is 0 Å². The number of hydrogen-bond acceptors (Lipinski definition) is 4. The second-order valence-corrected chi connectivity index (χ2v) is 5.60. The number of nitrogens with zero attached hydrogens (tertiary/aromatic N) is 1. The highest BCUT2D eigenvalue weighted by Gasteiger charge is 2.36. The van der Waals surface area contributed by atoms with Crippen molar-refractivity contribution < 1.29 is 18.3 Å². The van der Waals surface area contributed by atoms with Crippen LogP contribution in [0, 0.1) is 0 Å². The van der Waals surface area contributed by atoms with Gasteiger partial charge in [0.25, 0.3) is 10.2 Å². The van der Waals surface area contributed by atoms with Gasteiger partial charge < -0.3 is 10.4 Å². The second-order valence-electron chi connectivity index (χ2n) is 3.95. The SMILES string of the molecule is CC(C)NS(=O)(=O)N1CCNCC1C(=O)O. The Balaban J connectivity index is 2.86. The molecule has 8 heteroatoms. The van der Waals surface area contributed by atoms with Crippen LogP contribution >= 0.6 is 0 Å². The van der Waals surface area contributed by atoms with Gasteiger partial charge in [0.15, 0.2) is 0 Å². The molecule has 16 heavy (non-hydrogen) atoms. The van der Waals surface area contributed by atoms with Crippen molar-refractivity contribution in [2.45, 2.75) is 25.9 Å². The highest BCUT2D eigenvalue weighted by Crippen LogP contribution is 2.09. The van der Waals surface area contributed by atoms with E-state index in [9.17, 15) is 13.2 Å². The van der Waals surface area contributed by atoms with Crippen LogP contribution in [0.5, 0.6) is 0 Å². The van der Waals surface area contributed by atoms with Crippen LogP contribution in [-0.2, 0) is 15.0 Å². The summed E-state index contributed by atoms with van der Waals surface area (Å²) in [6, 6.07) is -1.29. The van der Waals surface area contributed by atoms with E-state index in [-0.39, 0.29) is 19.1 Å². The molecule has 0 saturated carbocycles. The summed E-state index contributed by atoms with van der Waals surface area (Å²) in [5.74, 6) is -1.14. The zero-order valence-electron chi connectivity index (χ0n) is 9.30. The summed E-state index contributed by atoms with van der Waals surface area (Å²) in [5.41, 5.74) is 0. The molecule has 0 aromatic carbocycles. The zero-order chi connectivity index (χ0) is 12.3. The van der Waals surface area contributed by atoms with E-state index in [0.29, 0.717) is 6.54 Å². The van der Waals surface area contributed by atoms with Crippen molar-refractivity contribution >= 4 is 16.2 Å². The normalized spacial score (nSPS) is 23.6. The molecule has 1 atom stereocenters. The molecule has 1 aliphatic rings. The minimum atomic E-state index is -3.71. The number of nitrogens with one attached hydrogen (secondary N) is 2. The third-order valence-electron chi connectivity index (χ3n) is 2.17. The molecular weight excluding hydrogens is 234 g/mol. The summed E-state index contributed by atoms with van der Waals surface area (Å²) < 4.78 is 27.0. The molecule has 1 fully saturated rings. The van der Waals surface area contributed by atoms with E-state index in [1.54, 1.807) is 13.8 Å². The summed E-state index contributed by atoms with van der Waals surface area (Å²) in [6.45, 7) is 4.14. The molecule has 0 aliphatic carbocycles. The van der Waals surface area contributed by atoms with E-state index >= 15 is 0 Å². The number of rotatable bonds is 4. The van der Waals surface area contributed by atoms with Gasteiger partial charge in [0, 0.05) is 25.7 Å². The van der Waals surface area contributed by atoms with Gasteiger partial charge in [0.1, 0.15) is 6.04 Å². The van der Waals surface area contributed by atoms with Gasteiger partial charge in [0.2, 0.25) is 0 Å². The van der Waals surface area contributed by atoms with Crippen LogP contribution in [0.2, 0.25) is 0 Å². The first-order valence-corrected chi connectivity index (χ1v) is 6.51. The lowest BCUT2D eigenvalue weighted by atomic mass is 10.2. The number of hydrogen-bond donors (Lipinski definition) is 3. The second kappa shape index (κ2) is 5.09. The Kier molecular flexibility index (Phi) is 4.25. The average molecular weight is 251 g/mol. The number of aliphatic carboxylic acids is 1. The predicted molar refractivity (Wildman–Crippen MR) is 58.2 cm³/mol. The first kappa shape index (κ1) is 13.4. The van der Waals surface area contributed by atoms with E-state index in [4.69, 9.17) is 5.11 Å². The Labute approximate surface area is 95.0 Å². The molecule has 0 amide bonds. The fraction of sp³-hybridized carbons (Fsp3) is 0.875. The highest BCUT2D eigenvalue weighted by molar-refractivity contribution is 7.87. The Morgan fingerprint density at radius 2 is 2.19 bits per heavy atom. The third-order valence-corrected chi connectivity index (χ3v) is 4.00. The predicted octanol–water partition coefficient (Wildman–Crippen LogP) is -1.41. The fourth-order valence-electron chi connectivity index (χ4n) is 1.55. The fourth-order valence-corrected chi connectivity index (χ4v) is 3.11. The van der Waals surface area contributed by atoms with Crippen LogP contribution in [0.25, 0.3) is 0 Å². The van der Waals surface area contributed by atoms with E-state index in [2.05, 4.69) is 10.0 Å². The molecule has 0 spiro atoms. The van der Waals surface area contributed by atoms with Crippen LogP contribution in [0.1, 0.15) is 13.8 Å². The van der Waals surface area contributed by atoms with Crippen LogP contribution in [-0.4, -0.2) is 55.5 Å². The molecule has 0 aromatic heterocycles. The largest absolute Gasteiger partial charge is 0.480 e. The van der Waals surface area contributed by atoms with Crippen molar-refractivity contribution in [3.8, 4) is 0 Å². The van der Waals surface area contributed by atoms with Gasteiger partial charge in [0.05, 0.1) is 0 Å². The topological polar surface area (TPSA) is 98.7 Å². The third kappa shape index (κ3) is 3.14. The zero-order valence-corrected chi connectivity index (χ0v) is 10.1. The van der Waals surface area contributed by atoms with Crippen molar-refractivity contribution in [3.05, 3.63) is 0 Å². The molecular formula is C8H17N3O4S. The average Bonchev–Trinajstić information content (AvgIpc) is 2.15. The molecule has 94 valence electrons. The maximum Gasteiger partial charge on any atom is 0.323 e. The van der Waals surface area contributed by atoms with Gasteiger partial charge in [-0.05, 0) is 13.8 Å². The Bertz CT molecular complexity index is 354. The van der Waals surface area contributed by atoms with Crippen LogP contribution in [0.3, 0.4) is 0 Å². The number of carboxylic acid groups (broad SMARTS) is 1. The van der Waals surface area contributed by atoms with Crippen molar-refractivity contribution in [1.29, 1.82) is 0 Å². The molecule has 0 bridgehead atoms. The molecule has 3 N–H and O–H groups in total. The van der Waals surface area contributed by atoms with Crippen LogP contribution in [0.15, 0.2) is 0 Å². The minimum Gasteiger partial charge on any atom is -0.480 e. The summed E-state index contributed by atoms with van der Waals surface area (Å²) in [7, 11) is -3.71. The maximum absolute atomic E-state index is 11.8. The molecule has 1 heterocycles. The summed E-state index contributed by atoms with van der Waals surface area (Å²) in [4.78, 5) is 10.9. The van der Waals surface area contributed by atoms with Gasteiger partial charge in [-0.15, -0.1) is 0 Å². The van der Waals surface area contributed by atoms with E-state index < -0.39 is 22.2 Å². The smallest absolute Gasteiger partial charge is 0.323 e. The van der Waals surface area contributed by atoms with Crippen molar-refractivity contribution in [3.63, 3.8) is 0 Å². The minimum absolute atomic E-state index is 0.133. The first-order chi connectivity index (χ1) is 7.34. The van der Waals surface area contributed by atoms with Gasteiger partial charge in [-0.3, -0.25) is 4.79 Å². The van der Waals surface area contributed by atoms with Crippen molar-refractivity contribution in [2.24, 2.45) is 0 Å². The summed E-state index contributed by atoms with van der Waals surface area (Å²) >= 11 is 0. The number of carboxylic acids is 1. The molecule has 0 aromatic rings. The lowest BCUT2D eigenvalue weighted by Gasteiger charge is -2.32. The quantitative estimate of drug-likeness (QED) is 0.570. The Morgan fingerprint density at radius 1 is 1.56 bits per heavy atom. The first-order valence-electron chi connectivity index (χ1n) is 5.07.